The van der Waals surface area contributed by atoms with Gasteiger partial charge >= 0.3 is 0 Å². The van der Waals surface area contributed by atoms with Gasteiger partial charge in [-0.2, -0.15) is 0 Å². The molecule has 0 aromatic heterocycles. The van der Waals surface area contributed by atoms with Crippen LogP contribution in [0.5, 0.6) is 5.75 Å². The molecule has 2 aromatic carbocycles. The third kappa shape index (κ3) is 3.05. The summed E-state index contributed by atoms with van der Waals surface area (Å²) in [4.78, 5) is 17.1. The number of ether oxygens (including phenoxy) is 1. The van der Waals surface area contributed by atoms with Crippen LogP contribution in [0.2, 0.25) is 0 Å². The number of hydrogen-bond acceptors (Lipinski definition) is 3. The number of benzene rings is 2. The molecular weight excluding hydrogens is 362 g/mol. The molecule has 1 saturated carbocycles. The molecule has 0 unspecified atom stereocenters. The lowest BCUT2D eigenvalue weighted by atomic mass is 10.0. The minimum absolute atomic E-state index is 0.00431. The van der Waals surface area contributed by atoms with Crippen LogP contribution in [0.15, 0.2) is 36.4 Å². The summed E-state index contributed by atoms with van der Waals surface area (Å²) in [6.07, 6.45) is 2.47. The molecule has 5 rings (SSSR count). The Balaban J connectivity index is 1.48. The topological polar surface area (TPSA) is 32.8 Å². The Kier molecular flexibility index (Phi) is 4.12. The molecule has 1 saturated heterocycles. The molecular formula is C22H22F2N2O2. The van der Waals surface area contributed by atoms with E-state index < -0.39 is 11.6 Å². The number of rotatable bonds is 3. The van der Waals surface area contributed by atoms with Crippen LogP contribution in [0.4, 0.5) is 8.78 Å². The average molecular weight is 384 g/mol. The molecule has 0 radical (unpaired) electrons. The highest BCUT2D eigenvalue weighted by atomic mass is 19.1. The van der Waals surface area contributed by atoms with Crippen molar-refractivity contribution in [2.75, 3.05) is 26.7 Å². The number of carbonyl (C=O) groups is 1. The lowest BCUT2D eigenvalue weighted by Crippen LogP contribution is -2.44. The van der Waals surface area contributed by atoms with Crippen LogP contribution in [-0.4, -0.2) is 54.5 Å². The lowest BCUT2D eigenvalue weighted by Gasteiger charge is -2.25. The van der Waals surface area contributed by atoms with Crippen molar-refractivity contribution in [1.29, 1.82) is 0 Å². The van der Waals surface area contributed by atoms with Crippen LogP contribution in [-0.2, 0) is 0 Å². The molecule has 28 heavy (non-hydrogen) atoms. The first-order valence-corrected chi connectivity index (χ1v) is 9.75. The van der Waals surface area contributed by atoms with Gasteiger partial charge in [-0.15, -0.1) is 0 Å². The molecule has 2 aliphatic heterocycles. The van der Waals surface area contributed by atoms with Crippen LogP contribution in [0.25, 0.3) is 11.1 Å². The van der Waals surface area contributed by atoms with Crippen molar-refractivity contribution in [2.45, 2.75) is 25.0 Å². The summed E-state index contributed by atoms with van der Waals surface area (Å²) >= 11 is 0. The van der Waals surface area contributed by atoms with Gasteiger partial charge in [0.05, 0.1) is 11.6 Å². The SMILES string of the molecule is CN1C(=O)c2ccc(-c3ccc(F)cc3F)cc2O[C@H]2CN(CC3CC3)C[C@H]21. The molecule has 4 nitrogen and oxygen atoms in total. The summed E-state index contributed by atoms with van der Waals surface area (Å²) in [7, 11) is 1.83. The van der Waals surface area contributed by atoms with Gasteiger partial charge in [-0.05, 0) is 48.6 Å². The van der Waals surface area contributed by atoms with Gasteiger partial charge < -0.3 is 9.64 Å². The van der Waals surface area contributed by atoms with Crippen molar-refractivity contribution < 1.29 is 18.3 Å². The normalized spacial score (nSPS) is 24.5. The molecule has 1 amide bonds. The minimum Gasteiger partial charge on any atom is -0.486 e. The first kappa shape index (κ1) is 17.6. The van der Waals surface area contributed by atoms with Gasteiger partial charge in [-0.1, -0.05) is 6.07 Å². The molecule has 6 heteroatoms. The standard InChI is InChI=1S/C22H22F2N2O2/c1-25-19-11-26(10-13-2-3-13)12-21(19)28-20-8-14(4-6-17(20)22(25)27)16-7-5-15(23)9-18(16)24/h4-9,13,19,21H,2-3,10-12H2,1H3/t19-,21+/m1/s1. The second-order valence-electron chi connectivity index (χ2n) is 8.14. The lowest BCUT2D eigenvalue weighted by molar-refractivity contribution is 0.0682. The maximum atomic E-state index is 14.2. The molecule has 2 heterocycles. The first-order chi connectivity index (χ1) is 13.5. The highest BCUT2D eigenvalue weighted by Gasteiger charge is 2.43. The van der Waals surface area contributed by atoms with E-state index in [9.17, 15) is 13.6 Å². The van der Waals surface area contributed by atoms with E-state index in [-0.39, 0.29) is 23.6 Å². The summed E-state index contributed by atoms with van der Waals surface area (Å²) in [5.74, 6) is -0.0792. The number of halogens is 2. The highest BCUT2D eigenvalue weighted by Crippen LogP contribution is 2.36. The number of likely N-dealkylation sites (tertiary alicyclic amines) is 1. The Morgan fingerprint density at radius 1 is 1.07 bits per heavy atom. The Bertz CT molecular complexity index is 944. The molecule has 146 valence electrons. The van der Waals surface area contributed by atoms with Crippen LogP contribution in [0.3, 0.4) is 0 Å². The number of hydrogen-bond donors (Lipinski definition) is 0. The van der Waals surface area contributed by atoms with E-state index in [1.165, 1.54) is 25.0 Å². The zero-order valence-electron chi connectivity index (χ0n) is 15.7. The Hall–Kier alpha value is -2.47. The van der Waals surface area contributed by atoms with Gasteiger partial charge in [-0.3, -0.25) is 9.69 Å². The Morgan fingerprint density at radius 2 is 1.86 bits per heavy atom. The van der Waals surface area contributed by atoms with Crippen LogP contribution in [0, 0.1) is 17.6 Å². The van der Waals surface area contributed by atoms with E-state index in [2.05, 4.69) is 4.90 Å². The summed E-state index contributed by atoms with van der Waals surface area (Å²) in [6, 6.07) is 8.57. The number of fused-ring (bicyclic) bond motifs is 2. The number of carbonyl (C=O) groups excluding carboxylic acids is 1. The predicted octanol–water partition coefficient (Wildman–Crippen LogP) is 3.56. The molecule has 2 atom stereocenters. The van der Waals surface area contributed by atoms with E-state index in [0.29, 0.717) is 16.9 Å². The van der Waals surface area contributed by atoms with Crippen molar-refractivity contribution >= 4 is 5.91 Å². The Morgan fingerprint density at radius 3 is 2.61 bits per heavy atom. The van der Waals surface area contributed by atoms with E-state index in [1.54, 1.807) is 23.1 Å². The average Bonchev–Trinajstić information content (AvgIpc) is 3.40. The van der Waals surface area contributed by atoms with E-state index in [4.69, 9.17) is 4.74 Å². The van der Waals surface area contributed by atoms with Crippen molar-refractivity contribution in [3.63, 3.8) is 0 Å². The molecule has 2 aromatic rings. The fraction of sp³-hybridized carbons (Fsp3) is 0.409. The number of likely N-dealkylation sites (N-methyl/N-ethyl adjacent to an activating group) is 1. The fourth-order valence-corrected chi connectivity index (χ4v) is 4.33. The molecule has 0 N–H and O–H groups in total. The highest BCUT2D eigenvalue weighted by molar-refractivity contribution is 5.98. The van der Waals surface area contributed by atoms with Gasteiger partial charge in [-0.25, -0.2) is 8.78 Å². The second kappa shape index (κ2) is 6.55. The van der Waals surface area contributed by atoms with Crippen LogP contribution >= 0.6 is 0 Å². The molecule has 2 fully saturated rings. The zero-order chi connectivity index (χ0) is 19.4. The molecule has 3 aliphatic rings. The molecule has 0 bridgehead atoms. The third-order valence-corrected chi connectivity index (χ3v) is 6.08. The van der Waals surface area contributed by atoms with Gasteiger partial charge in [0.2, 0.25) is 0 Å². The summed E-state index contributed by atoms with van der Waals surface area (Å²) in [5, 5.41) is 0. The fourth-order valence-electron chi connectivity index (χ4n) is 4.33. The zero-order valence-corrected chi connectivity index (χ0v) is 15.7. The van der Waals surface area contributed by atoms with Gasteiger partial charge in [0.15, 0.2) is 0 Å². The van der Waals surface area contributed by atoms with E-state index in [1.807, 2.05) is 7.05 Å². The predicted molar refractivity (Wildman–Crippen MR) is 101 cm³/mol. The Labute approximate surface area is 162 Å². The van der Waals surface area contributed by atoms with Crippen molar-refractivity contribution in [3.8, 4) is 16.9 Å². The quantitative estimate of drug-likeness (QED) is 0.811. The van der Waals surface area contributed by atoms with Gasteiger partial charge in [0.25, 0.3) is 5.91 Å². The number of nitrogens with zero attached hydrogens (tertiary/aromatic N) is 2. The van der Waals surface area contributed by atoms with Gasteiger partial charge in [0, 0.05) is 38.3 Å². The summed E-state index contributed by atoms with van der Waals surface area (Å²) in [5.41, 5.74) is 1.34. The summed E-state index contributed by atoms with van der Waals surface area (Å²) in [6.45, 7) is 2.66. The maximum absolute atomic E-state index is 14.2. The second-order valence-corrected chi connectivity index (χ2v) is 8.14. The van der Waals surface area contributed by atoms with Crippen molar-refractivity contribution in [1.82, 2.24) is 9.80 Å². The third-order valence-electron chi connectivity index (χ3n) is 6.08. The van der Waals surface area contributed by atoms with Crippen LogP contribution < -0.4 is 4.74 Å². The summed E-state index contributed by atoms with van der Waals surface area (Å²) < 4.78 is 33.7. The van der Waals surface area contributed by atoms with E-state index >= 15 is 0 Å². The largest absolute Gasteiger partial charge is 0.486 e. The molecule has 0 spiro atoms. The smallest absolute Gasteiger partial charge is 0.257 e. The van der Waals surface area contributed by atoms with Crippen molar-refractivity contribution in [2.24, 2.45) is 5.92 Å². The van der Waals surface area contributed by atoms with E-state index in [0.717, 1.165) is 31.6 Å². The van der Waals surface area contributed by atoms with Crippen LogP contribution in [0.1, 0.15) is 23.2 Å². The first-order valence-electron chi connectivity index (χ1n) is 9.75. The molecule has 1 aliphatic carbocycles. The van der Waals surface area contributed by atoms with Crippen molar-refractivity contribution in [3.05, 3.63) is 53.6 Å². The minimum atomic E-state index is -0.633. The van der Waals surface area contributed by atoms with Gasteiger partial charge in [0.1, 0.15) is 23.5 Å². The maximum Gasteiger partial charge on any atom is 0.257 e. The monoisotopic (exact) mass is 384 g/mol. The number of amides is 1.